The number of amides is 2. The second-order valence-corrected chi connectivity index (χ2v) is 17.1. The number of hydrogen-bond acceptors (Lipinski definition) is 4. The normalized spacial score (nSPS) is 13.6. The van der Waals surface area contributed by atoms with Crippen LogP contribution in [0.1, 0.15) is 11.1 Å². The number of nitrogens with zero attached hydrogens (tertiary/aromatic N) is 1. The molecule has 0 atom stereocenters. The molecule has 0 saturated carbocycles. The highest BCUT2D eigenvalue weighted by molar-refractivity contribution is 6.31. The lowest BCUT2D eigenvalue weighted by atomic mass is 9.89. The molecule has 2 amide bonds. The second-order valence-electron chi connectivity index (χ2n) is 17.1. The molecule has 1 N–H and O–H groups in total. The van der Waals surface area contributed by atoms with Crippen molar-refractivity contribution in [2.45, 2.75) is 0 Å². The van der Waals surface area contributed by atoms with Gasteiger partial charge >= 0.3 is 0 Å². The van der Waals surface area contributed by atoms with Gasteiger partial charge in [-0.1, -0.05) is 170 Å². The average molecular weight is 867 g/mol. The summed E-state index contributed by atoms with van der Waals surface area (Å²) >= 11 is 0. The number of likely N-dealkylation sites (N-methyl/N-ethyl adjacent to an activating group) is 1. The Kier molecular flexibility index (Phi) is 9.36. The van der Waals surface area contributed by atoms with Crippen LogP contribution < -0.4 is 14.8 Å². The van der Waals surface area contributed by atoms with Crippen molar-refractivity contribution < 1.29 is 19.1 Å². The van der Waals surface area contributed by atoms with Gasteiger partial charge in [0.2, 0.25) is 0 Å². The average Bonchev–Trinajstić information content (AvgIpc) is 3.86. The van der Waals surface area contributed by atoms with E-state index < -0.39 is 0 Å². The molecule has 320 valence electrons. The van der Waals surface area contributed by atoms with Gasteiger partial charge in [0.25, 0.3) is 11.8 Å². The van der Waals surface area contributed by atoms with E-state index >= 15 is 0 Å². The van der Waals surface area contributed by atoms with Gasteiger partial charge in [-0.15, -0.1) is 0 Å². The first-order chi connectivity index (χ1) is 32.9. The van der Waals surface area contributed by atoms with Crippen LogP contribution in [0.4, 0.5) is 0 Å². The predicted molar refractivity (Wildman–Crippen MR) is 273 cm³/mol. The number of nitrogens with one attached hydrogen (secondary N) is 1. The molecule has 10 aromatic carbocycles. The summed E-state index contributed by atoms with van der Waals surface area (Å²) in [6, 6.07) is 67.4. The number of ether oxygens (including phenoxy) is 2. The predicted octanol–water partition coefficient (Wildman–Crippen LogP) is 13.7. The van der Waals surface area contributed by atoms with Gasteiger partial charge in [0, 0.05) is 18.2 Å². The van der Waals surface area contributed by atoms with Gasteiger partial charge in [-0.3, -0.25) is 9.59 Å². The fourth-order valence-corrected chi connectivity index (χ4v) is 10.5. The van der Waals surface area contributed by atoms with Crippen LogP contribution >= 0.6 is 0 Å². The summed E-state index contributed by atoms with van der Waals surface area (Å²) in [5, 5.41) is 12.3. The minimum atomic E-state index is -0.368. The molecule has 10 aromatic rings. The fraction of sp³-hybridized carbons (Fsp3) is 0.0492. The molecule has 0 bridgehead atoms. The number of carbonyl (C=O) groups is 2. The van der Waals surface area contributed by atoms with Crippen LogP contribution in [0.25, 0.3) is 99.0 Å². The lowest BCUT2D eigenvalue weighted by Crippen LogP contribution is -2.24. The van der Waals surface area contributed by atoms with E-state index in [4.69, 9.17) is 9.47 Å². The maximum absolute atomic E-state index is 14.6. The van der Waals surface area contributed by atoms with E-state index in [-0.39, 0.29) is 11.8 Å². The molecule has 0 unspecified atom stereocenters. The summed E-state index contributed by atoms with van der Waals surface area (Å²) in [6.45, 7) is 0. The van der Waals surface area contributed by atoms with Gasteiger partial charge in [-0.2, -0.15) is 0 Å². The molecule has 0 fully saturated rings. The van der Waals surface area contributed by atoms with Gasteiger partial charge < -0.3 is 19.7 Å². The molecule has 67 heavy (non-hydrogen) atoms. The van der Waals surface area contributed by atoms with Crippen molar-refractivity contribution in [3.63, 3.8) is 0 Å². The van der Waals surface area contributed by atoms with E-state index in [9.17, 15) is 9.59 Å². The molecule has 0 spiro atoms. The molecule has 2 aliphatic heterocycles. The highest BCUT2D eigenvalue weighted by Crippen LogP contribution is 2.48. The minimum Gasteiger partial charge on any atom is -0.496 e. The van der Waals surface area contributed by atoms with E-state index in [2.05, 4.69) is 163 Å². The SMILES string of the molecule is COc1ccc(-c2ccc(-c3cccc4ccccc34)c3ccccc23)cc1C1=C2C(=O)N(C)C(c3cc(-c4ccc(-c5cccc6ccccc56)c5ccccc45)ccc3OC)=C2C(=O)N1. The molecule has 6 heteroatoms. The summed E-state index contributed by atoms with van der Waals surface area (Å²) in [5.41, 5.74) is 11.2. The molecule has 2 aliphatic rings. The second kappa shape index (κ2) is 15.8. The van der Waals surface area contributed by atoms with E-state index in [1.807, 2.05) is 36.4 Å². The van der Waals surface area contributed by atoms with E-state index in [1.165, 1.54) is 32.7 Å². The Hall–Kier alpha value is -8.74. The molecular formula is C61H42N2O4. The van der Waals surface area contributed by atoms with Crippen LogP contribution in [0.15, 0.2) is 205 Å². The highest BCUT2D eigenvalue weighted by Gasteiger charge is 2.45. The quantitative estimate of drug-likeness (QED) is 0.165. The summed E-state index contributed by atoms with van der Waals surface area (Å²) in [6.07, 6.45) is 0. The van der Waals surface area contributed by atoms with E-state index in [0.717, 1.165) is 54.9 Å². The first-order valence-corrected chi connectivity index (χ1v) is 22.4. The van der Waals surface area contributed by atoms with Crippen LogP contribution in [-0.4, -0.2) is 38.0 Å². The Balaban J connectivity index is 0.986. The Labute approximate surface area is 387 Å². The molecule has 6 nitrogen and oxygen atoms in total. The lowest BCUT2D eigenvalue weighted by molar-refractivity contribution is -0.122. The van der Waals surface area contributed by atoms with Crippen molar-refractivity contribution in [3.8, 4) is 56.0 Å². The number of rotatable bonds is 8. The summed E-state index contributed by atoms with van der Waals surface area (Å²) < 4.78 is 11.9. The third-order valence-electron chi connectivity index (χ3n) is 13.6. The third-order valence-corrected chi connectivity index (χ3v) is 13.6. The van der Waals surface area contributed by atoms with Gasteiger partial charge in [0.15, 0.2) is 0 Å². The van der Waals surface area contributed by atoms with Crippen molar-refractivity contribution in [2.75, 3.05) is 21.3 Å². The molecule has 0 aromatic heterocycles. The van der Waals surface area contributed by atoms with Gasteiger partial charge in [0.05, 0.1) is 36.8 Å². The monoisotopic (exact) mass is 866 g/mol. The van der Waals surface area contributed by atoms with Crippen LogP contribution in [0.2, 0.25) is 0 Å². The van der Waals surface area contributed by atoms with Gasteiger partial charge in [0.1, 0.15) is 11.5 Å². The van der Waals surface area contributed by atoms with E-state index in [1.54, 1.807) is 26.2 Å². The van der Waals surface area contributed by atoms with Gasteiger partial charge in [-0.25, -0.2) is 0 Å². The van der Waals surface area contributed by atoms with Crippen molar-refractivity contribution in [3.05, 3.63) is 216 Å². The molecule has 0 saturated heterocycles. The fourth-order valence-electron chi connectivity index (χ4n) is 10.5. The van der Waals surface area contributed by atoms with Crippen LogP contribution in [0.3, 0.4) is 0 Å². The Morgan fingerprint density at radius 3 is 1.30 bits per heavy atom. The van der Waals surface area contributed by atoms with Crippen molar-refractivity contribution in [1.29, 1.82) is 0 Å². The maximum atomic E-state index is 14.6. The molecule has 0 radical (unpaired) electrons. The zero-order chi connectivity index (χ0) is 45.3. The van der Waals surface area contributed by atoms with Crippen LogP contribution in [-0.2, 0) is 9.59 Å². The largest absolute Gasteiger partial charge is 0.496 e. The molecule has 2 heterocycles. The Morgan fingerprint density at radius 2 is 0.791 bits per heavy atom. The number of benzene rings is 10. The number of hydrogen-bond donors (Lipinski definition) is 1. The van der Waals surface area contributed by atoms with Crippen molar-refractivity contribution >= 4 is 66.3 Å². The third kappa shape index (κ3) is 6.25. The van der Waals surface area contributed by atoms with Crippen LogP contribution in [0.5, 0.6) is 11.5 Å². The molecular weight excluding hydrogens is 825 g/mol. The first-order valence-electron chi connectivity index (χ1n) is 22.4. The van der Waals surface area contributed by atoms with E-state index in [0.29, 0.717) is 45.2 Å². The topological polar surface area (TPSA) is 67.9 Å². The zero-order valence-corrected chi connectivity index (χ0v) is 37.1. The number of methoxy groups -OCH3 is 2. The number of fused-ring (bicyclic) bond motifs is 5. The maximum Gasteiger partial charge on any atom is 0.261 e. The lowest BCUT2D eigenvalue weighted by Gasteiger charge is -2.20. The van der Waals surface area contributed by atoms with Crippen molar-refractivity contribution in [2.24, 2.45) is 0 Å². The molecule has 12 rings (SSSR count). The Bertz CT molecular complexity index is 3810. The van der Waals surface area contributed by atoms with Gasteiger partial charge in [-0.05, 0) is 112 Å². The number of carbonyl (C=O) groups excluding carboxylic acids is 2. The zero-order valence-electron chi connectivity index (χ0n) is 37.1. The summed E-state index contributed by atoms with van der Waals surface area (Å²) in [5.74, 6) is 0.413. The highest BCUT2D eigenvalue weighted by atomic mass is 16.5. The Morgan fingerprint density at radius 1 is 0.388 bits per heavy atom. The van der Waals surface area contributed by atoms with Crippen LogP contribution in [0, 0.1) is 0 Å². The molecule has 0 aliphatic carbocycles. The standard InChI is InChI=1S/C61H42N2O4/c1-63-59(53-35-39(27-33-55(53)67-3)43-29-31-51(49-23-11-9-21-45(43)49)47-25-13-17-37-15-5-7-19-41(37)47)57-56(61(63)65)58(62-60(57)64)52-34-38(26-32-54(52)66-2)42-28-30-50(48-22-10-8-20-44(42)48)46-24-12-16-36-14-4-6-18-40(36)46/h4-35H,1-3H3,(H,62,64). The van der Waals surface area contributed by atoms with Crippen molar-refractivity contribution in [1.82, 2.24) is 10.2 Å². The first kappa shape index (κ1) is 39.8. The smallest absolute Gasteiger partial charge is 0.261 e. The summed E-state index contributed by atoms with van der Waals surface area (Å²) in [4.78, 5) is 30.6. The summed E-state index contributed by atoms with van der Waals surface area (Å²) in [7, 11) is 4.94. The minimum absolute atomic E-state index is 0.298.